The number of thioether (sulfide) groups is 1. The van der Waals surface area contributed by atoms with Crippen molar-refractivity contribution < 1.29 is 0 Å². The molecular formula is C11H22N2S. The maximum Gasteiger partial charge on any atom is 0.0158 e. The molecule has 3 heteroatoms. The molecule has 2 N–H and O–H groups in total. The van der Waals surface area contributed by atoms with E-state index in [0.717, 1.165) is 12.0 Å². The standard InChI is InChI=1S/C11H22N2S/c1-2-11(9-14-7-1)13-8-10-3-5-12-6-4-10/h10-13H,1-9H2. The van der Waals surface area contributed by atoms with Gasteiger partial charge in [-0.25, -0.2) is 0 Å². The molecule has 2 heterocycles. The van der Waals surface area contributed by atoms with Crippen molar-refractivity contribution in [2.75, 3.05) is 31.1 Å². The summed E-state index contributed by atoms with van der Waals surface area (Å²) in [7, 11) is 0. The molecule has 0 amide bonds. The molecule has 2 nitrogen and oxygen atoms in total. The Labute approximate surface area is 91.6 Å². The summed E-state index contributed by atoms with van der Waals surface area (Å²) < 4.78 is 0. The second-order valence-corrected chi connectivity index (χ2v) is 5.67. The predicted octanol–water partition coefficient (Wildman–Crippen LogP) is 1.47. The minimum atomic E-state index is 0.809. The van der Waals surface area contributed by atoms with Crippen molar-refractivity contribution in [3.63, 3.8) is 0 Å². The van der Waals surface area contributed by atoms with E-state index < -0.39 is 0 Å². The van der Waals surface area contributed by atoms with Crippen molar-refractivity contribution >= 4 is 11.8 Å². The molecule has 2 rings (SSSR count). The predicted molar refractivity (Wildman–Crippen MR) is 63.9 cm³/mol. The molecule has 0 bridgehead atoms. The molecule has 2 aliphatic rings. The molecule has 0 aromatic heterocycles. The molecule has 2 fully saturated rings. The third-order valence-corrected chi connectivity index (χ3v) is 4.53. The number of hydrogen-bond acceptors (Lipinski definition) is 3. The molecule has 1 atom stereocenters. The summed E-state index contributed by atoms with van der Waals surface area (Å²) in [5.41, 5.74) is 0. The van der Waals surface area contributed by atoms with E-state index in [0.29, 0.717) is 0 Å². The summed E-state index contributed by atoms with van der Waals surface area (Å²) in [6, 6.07) is 0.809. The lowest BCUT2D eigenvalue weighted by molar-refractivity contribution is 0.339. The van der Waals surface area contributed by atoms with Crippen molar-refractivity contribution in [2.24, 2.45) is 5.92 Å². The summed E-state index contributed by atoms with van der Waals surface area (Å²) in [4.78, 5) is 0. The Kier molecular flexibility index (Phi) is 4.61. The van der Waals surface area contributed by atoms with Crippen molar-refractivity contribution in [1.29, 1.82) is 0 Å². The monoisotopic (exact) mass is 214 g/mol. The maximum absolute atomic E-state index is 3.74. The Morgan fingerprint density at radius 1 is 1.21 bits per heavy atom. The highest BCUT2D eigenvalue weighted by molar-refractivity contribution is 7.99. The van der Waals surface area contributed by atoms with Crippen LogP contribution in [0.5, 0.6) is 0 Å². The number of nitrogens with one attached hydrogen (secondary N) is 2. The Bertz CT molecular complexity index is 133. The first-order valence-corrected chi connectivity index (χ1v) is 7.12. The zero-order valence-electron chi connectivity index (χ0n) is 8.93. The second kappa shape index (κ2) is 5.99. The molecule has 0 aromatic carbocycles. The molecular weight excluding hydrogens is 192 g/mol. The summed E-state index contributed by atoms with van der Waals surface area (Å²) in [5, 5.41) is 7.16. The van der Waals surface area contributed by atoms with Crippen LogP contribution >= 0.6 is 11.8 Å². The molecule has 1 unspecified atom stereocenters. The van der Waals surface area contributed by atoms with Crippen LogP contribution in [0.15, 0.2) is 0 Å². The minimum absolute atomic E-state index is 0.809. The highest BCUT2D eigenvalue weighted by atomic mass is 32.2. The lowest BCUT2D eigenvalue weighted by atomic mass is 9.98. The van der Waals surface area contributed by atoms with Crippen LogP contribution in [0, 0.1) is 5.92 Å². The molecule has 14 heavy (non-hydrogen) atoms. The molecule has 0 aliphatic carbocycles. The quantitative estimate of drug-likeness (QED) is 0.744. The minimum Gasteiger partial charge on any atom is -0.317 e. The first kappa shape index (κ1) is 10.8. The van der Waals surface area contributed by atoms with Crippen molar-refractivity contribution in [3.05, 3.63) is 0 Å². The lowest BCUT2D eigenvalue weighted by Gasteiger charge is -2.27. The van der Waals surface area contributed by atoms with Gasteiger partial charge in [-0.3, -0.25) is 0 Å². The third kappa shape index (κ3) is 3.44. The summed E-state index contributed by atoms with van der Waals surface area (Å²) >= 11 is 2.11. The molecule has 2 saturated heterocycles. The summed E-state index contributed by atoms with van der Waals surface area (Å²) in [6.07, 6.45) is 5.55. The van der Waals surface area contributed by atoms with Crippen LogP contribution in [0.2, 0.25) is 0 Å². The van der Waals surface area contributed by atoms with Gasteiger partial charge in [0.1, 0.15) is 0 Å². The number of hydrogen-bond donors (Lipinski definition) is 2. The normalized spacial score (nSPS) is 30.4. The van der Waals surface area contributed by atoms with Crippen LogP contribution in [0.1, 0.15) is 25.7 Å². The third-order valence-electron chi connectivity index (χ3n) is 3.31. The van der Waals surface area contributed by atoms with Crippen LogP contribution in [-0.4, -0.2) is 37.2 Å². The van der Waals surface area contributed by atoms with E-state index in [9.17, 15) is 0 Å². The van der Waals surface area contributed by atoms with Gasteiger partial charge in [-0.05, 0) is 57.0 Å². The Balaban J connectivity index is 1.60. The fourth-order valence-electron chi connectivity index (χ4n) is 2.32. The van der Waals surface area contributed by atoms with Crippen LogP contribution in [-0.2, 0) is 0 Å². The molecule has 2 aliphatic heterocycles. The molecule has 0 spiro atoms. The van der Waals surface area contributed by atoms with E-state index in [4.69, 9.17) is 0 Å². The van der Waals surface area contributed by atoms with E-state index in [1.165, 1.54) is 56.8 Å². The van der Waals surface area contributed by atoms with Gasteiger partial charge in [-0.1, -0.05) is 0 Å². The second-order valence-electron chi connectivity index (χ2n) is 4.52. The SMILES string of the molecule is C1CSCC(NCC2CCNCC2)C1. The van der Waals surface area contributed by atoms with Crippen LogP contribution in [0.4, 0.5) is 0 Å². The molecule has 0 aromatic rings. The Hall–Kier alpha value is 0.270. The molecule has 0 radical (unpaired) electrons. The lowest BCUT2D eigenvalue weighted by Crippen LogP contribution is -2.40. The van der Waals surface area contributed by atoms with E-state index >= 15 is 0 Å². The van der Waals surface area contributed by atoms with Gasteiger partial charge < -0.3 is 10.6 Å². The zero-order chi connectivity index (χ0) is 9.64. The Morgan fingerprint density at radius 3 is 2.79 bits per heavy atom. The first-order valence-electron chi connectivity index (χ1n) is 5.97. The highest BCUT2D eigenvalue weighted by Crippen LogP contribution is 2.18. The molecule has 0 saturated carbocycles. The van der Waals surface area contributed by atoms with Gasteiger partial charge >= 0.3 is 0 Å². The fraction of sp³-hybridized carbons (Fsp3) is 1.00. The topological polar surface area (TPSA) is 24.1 Å². The van der Waals surface area contributed by atoms with Crippen molar-refractivity contribution in [1.82, 2.24) is 10.6 Å². The van der Waals surface area contributed by atoms with Crippen LogP contribution in [0.3, 0.4) is 0 Å². The first-order chi connectivity index (χ1) is 6.95. The summed E-state index contributed by atoms with van der Waals surface area (Å²) in [5.74, 6) is 3.65. The van der Waals surface area contributed by atoms with Gasteiger partial charge in [0, 0.05) is 11.8 Å². The largest absolute Gasteiger partial charge is 0.317 e. The van der Waals surface area contributed by atoms with Crippen LogP contribution in [0.25, 0.3) is 0 Å². The van der Waals surface area contributed by atoms with Crippen LogP contribution < -0.4 is 10.6 Å². The number of rotatable bonds is 3. The van der Waals surface area contributed by atoms with Gasteiger partial charge in [0.25, 0.3) is 0 Å². The smallest absolute Gasteiger partial charge is 0.0158 e. The number of piperidine rings is 1. The average molecular weight is 214 g/mol. The summed E-state index contributed by atoms with van der Waals surface area (Å²) in [6.45, 7) is 3.71. The average Bonchev–Trinajstić information content (AvgIpc) is 2.29. The Morgan fingerprint density at radius 2 is 2.07 bits per heavy atom. The van der Waals surface area contributed by atoms with E-state index in [1.807, 2.05) is 0 Å². The van der Waals surface area contributed by atoms with Gasteiger partial charge in [0.05, 0.1) is 0 Å². The van der Waals surface area contributed by atoms with Gasteiger partial charge in [0.2, 0.25) is 0 Å². The maximum atomic E-state index is 3.74. The van der Waals surface area contributed by atoms with Gasteiger partial charge in [0.15, 0.2) is 0 Å². The van der Waals surface area contributed by atoms with E-state index in [2.05, 4.69) is 22.4 Å². The highest BCUT2D eigenvalue weighted by Gasteiger charge is 2.17. The van der Waals surface area contributed by atoms with Gasteiger partial charge in [-0.2, -0.15) is 11.8 Å². The van der Waals surface area contributed by atoms with Crippen molar-refractivity contribution in [2.45, 2.75) is 31.7 Å². The zero-order valence-corrected chi connectivity index (χ0v) is 9.74. The van der Waals surface area contributed by atoms with Gasteiger partial charge in [-0.15, -0.1) is 0 Å². The fourth-order valence-corrected chi connectivity index (χ4v) is 3.43. The van der Waals surface area contributed by atoms with E-state index in [1.54, 1.807) is 0 Å². The van der Waals surface area contributed by atoms with E-state index in [-0.39, 0.29) is 0 Å². The van der Waals surface area contributed by atoms with Crippen molar-refractivity contribution in [3.8, 4) is 0 Å². The molecule has 82 valence electrons.